The van der Waals surface area contributed by atoms with E-state index in [2.05, 4.69) is 42.0 Å². The third kappa shape index (κ3) is 4.74. The summed E-state index contributed by atoms with van der Waals surface area (Å²) in [5, 5.41) is 0. The number of hydrogen-bond donors (Lipinski definition) is 3. The molecule has 1 fully saturated rings. The summed E-state index contributed by atoms with van der Waals surface area (Å²) in [6.07, 6.45) is 5.85. The van der Waals surface area contributed by atoms with Crippen LogP contribution >= 0.6 is 0 Å². The minimum atomic E-state index is 0.235. The van der Waals surface area contributed by atoms with Crippen molar-refractivity contribution in [3.05, 3.63) is 59.7 Å². The molecular formula is C21H29N3O. The highest BCUT2D eigenvalue weighted by atomic mass is 16.5. The summed E-state index contributed by atoms with van der Waals surface area (Å²) in [6, 6.07) is 16.9. The molecule has 3 rings (SSSR count). The normalized spacial score (nSPS) is 19.9. The molecule has 1 aliphatic heterocycles. The van der Waals surface area contributed by atoms with E-state index in [9.17, 15) is 0 Å². The van der Waals surface area contributed by atoms with Gasteiger partial charge in [0.1, 0.15) is 5.75 Å². The lowest BCUT2D eigenvalue weighted by Gasteiger charge is -2.16. The molecule has 0 amide bonds. The number of nitrogens with two attached hydrogens (primary N) is 1. The van der Waals surface area contributed by atoms with Gasteiger partial charge in [-0.25, -0.2) is 10.9 Å². The standard InChI is InChI=1S/C21H29N3O/c1-2-3-4-7-13-25-21-12-6-5-11-18(21)20-15-19(23-24-20)16-9-8-10-17(22)14-16/h5-6,8-12,14,19-20,23-24H,2-4,7,13,15,22H2,1H3. The first kappa shape index (κ1) is 17.8. The lowest BCUT2D eigenvalue weighted by molar-refractivity contribution is 0.299. The van der Waals surface area contributed by atoms with Gasteiger partial charge in [-0.15, -0.1) is 0 Å². The van der Waals surface area contributed by atoms with Gasteiger partial charge >= 0.3 is 0 Å². The number of hydrogen-bond acceptors (Lipinski definition) is 4. The van der Waals surface area contributed by atoms with Crippen LogP contribution in [-0.2, 0) is 0 Å². The van der Waals surface area contributed by atoms with Crippen molar-refractivity contribution < 1.29 is 4.74 Å². The van der Waals surface area contributed by atoms with Gasteiger partial charge in [0.2, 0.25) is 0 Å². The molecule has 4 nitrogen and oxygen atoms in total. The van der Waals surface area contributed by atoms with Crippen molar-refractivity contribution in [3.63, 3.8) is 0 Å². The Labute approximate surface area is 150 Å². The van der Waals surface area contributed by atoms with Gasteiger partial charge in [0.15, 0.2) is 0 Å². The number of hydrazine groups is 1. The Bertz CT molecular complexity index is 674. The Morgan fingerprint density at radius 1 is 1.00 bits per heavy atom. The number of rotatable bonds is 8. The predicted octanol–water partition coefficient (Wildman–Crippen LogP) is 4.51. The quantitative estimate of drug-likeness (QED) is 0.489. The molecule has 2 unspecified atom stereocenters. The first-order valence-corrected chi connectivity index (χ1v) is 9.36. The first-order chi connectivity index (χ1) is 12.3. The van der Waals surface area contributed by atoms with Crippen LogP contribution in [0.5, 0.6) is 5.75 Å². The average Bonchev–Trinajstić information content (AvgIpc) is 3.12. The molecular weight excluding hydrogens is 310 g/mol. The van der Waals surface area contributed by atoms with E-state index in [-0.39, 0.29) is 12.1 Å². The molecule has 1 aliphatic rings. The van der Waals surface area contributed by atoms with Crippen LogP contribution in [0, 0.1) is 0 Å². The molecule has 134 valence electrons. The lowest BCUT2D eigenvalue weighted by Crippen LogP contribution is -2.27. The van der Waals surface area contributed by atoms with Gasteiger partial charge in [-0.2, -0.15) is 0 Å². The number of nitrogen functional groups attached to an aromatic ring is 1. The van der Waals surface area contributed by atoms with Crippen LogP contribution in [0.3, 0.4) is 0 Å². The Balaban J connectivity index is 1.62. The molecule has 0 aliphatic carbocycles. The summed E-state index contributed by atoms with van der Waals surface area (Å²) in [4.78, 5) is 0. The van der Waals surface area contributed by atoms with E-state index in [1.54, 1.807) is 0 Å². The van der Waals surface area contributed by atoms with Crippen LogP contribution in [0.25, 0.3) is 0 Å². The molecule has 2 atom stereocenters. The number of unbranched alkanes of at least 4 members (excludes halogenated alkanes) is 3. The predicted molar refractivity (Wildman–Crippen MR) is 103 cm³/mol. The van der Waals surface area contributed by atoms with E-state index >= 15 is 0 Å². The number of anilines is 1. The fourth-order valence-corrected chi connectivity index (χ4v) is 3.37. The average molecular weight is 339 g/mol. The van der Waals surface area contributed by atoms with E-state index in [0.29, 0.717) is 0 Å². The topological polar surface area (TPSA) is 59.3 Å². The minimum Gasteiger partial charge on any atom is -0.493 e. The van der Waals surface area contributed by atoms with Crippen molar-refractivity contribution in [3.8, 4) is 5.75 Å². The third-order valence-corrected chi connectivity index (χ3v) is 4.77. The number of ether oxygens (including phenoxy) is 1. The molecule has 0 spiro atoms. The van der Waals surface area contributed by atoms with E-state index in [4.69, 9.17) is 10.5 Å². The van der Waals surface area contributed by atoms with Gasteiger partial charge in [0.05, 0.1) is 12.6 Å². The largest absolute Gasteiger partial charge is 0.493 e. The number of nitrogens with one attached hydrogen (secondary N) is 2. The van der Waals surface area contributed by atoms with Crippen molar-refractivity contribution in [2.75, 3.05) is 12.3 Å². The van der Waals surface area contributed by atoms with E-state index in [1.165, 1.54) is 30.4 Å². The zero-order chi connectivity index (χ0) is 17.5. The Kier molecular flexibility index (Phi) is 6.31. The van der Waals surface area contributed by atoms with E-state index in [0.717, 1.165) is 30.9 Å². The van der Waals surface area contributed by atoms with Crippen LogP contribution in [0.2, 0.25) is 0 Å². The first-order valence-electron chi connectivity index (χ1n) is 9.36. The molecule has 0 bridgehead atoms. The number of para-hydroxylation sites is 1. The van der Waals surface area contributed by atoms with Crippen LogP contribution < -0.4 is 21.3 Å². The molecule has 1 heterocycles. The Morgan fingerprint density at radius 2 is 1.84 bits per heavy atom. The van der Waals surface area contributed by atoms with Crippen LogP contribution in [-0.4, -0.2) is 6.61 Å². The zero-order valence-electron chi connectivity index (χ0n) is 15.0. The molecule has 0 aromatic heterocycles. The molecule has 2 aromatic rings. The fourth-order valence-electron chi connectivity index (χ4n) is 3.37. The molecule has 0 radical (unpaired) electrons. The van der Waals surface area contributed by atoms with Crippen molar-refractivity contribution in [2.24, 2.45) is 0 Å². The van der Waals surface area contributed by atoms with Crippen molar-refractivity contribution >= 4 is 5.69 Å². The van der Waals surface area contributed by atoms with Gasteiger partial charge < -0.3 is 10.5 Å². The molecule has 25 heavy (non-hydrogen) atoms. The maximum absolute atomic E-state index is 6.07. The Hall–Kier alpha value is -2.04. The third-order valence-electron chi connectivity index (χ3n) is 4.77. The molecule has 0 saturated carbocycles. The number of benzene rings is 2. The van der Waals surface area contributed by atoms with Gasteiger partial charge in [0.25, 0.3) is 0 Å². The highest BCUT2D eigenvalue weighted by Gasteiger charge is 2.28. The highest BCUT2D eigenvalue weighted by molar-refractivity contribution is 5.42. The second-order valence-electron chi connectivity index (χ2n) is 6.75. The minimum absolute atomic E-state index is 0.235. The van der Waals surface area contributed by atoms with Crippen LogP contribution in [0.15, 0.2) is 48.5 Å². The fraction of sp³-hybridized carbons (Fsp3) is 0.429. The van der Waals surface area contributed by atoms with Gasteiger partial charge in [-0.05, 0) is 36.6 Å². The zero-order valence-corrected chi connectivity index (χ0v) is 15.0. The van der Waals surface area contributed by atoms with Gasteiger partial charge in [-0.3, -0.25) is 0 Å². The highest BCUT2D eigenvalue weighted by Crippen LogP contribution is 2.35. The summed E-state index contributed by atoms with van der Waals surface area (Å²) in [5.74, 6) is 0.992. The Morgan fingerprint density at radius 3 is 2.68 bits per heavy atom. The van der Waals surface area contributed by atoms with Crippen molar-refractivity contribution in [1.82, 2.24) is 10.9 Å². The summed E-state index contributed by atoms with van der Waals surface area (Å²) >= 11 is 0. The second kappa shape index (κ2) is 8.88. The maximum Gasteiger partial charge on any atom is 0.124 e. The monoisotopic (exact) mass is 339 g/mol. The van der Waals surface area contributed by atoms with Gasteiger partial charge in [0, 0.05) is 17.3 Å². The molecule has 4 N–H and O–H groups in total. The summed E-state index contributed by atoms with van der Waals surface area (Å²) in [6.45, 7) is 3.02. The van der Waals surface area contributed by atoms with E-state index in [1.807, 2.05) is 24.3 Å². The SMILES string of the molecule is CCCCCCOc1ccccc1C1CC(c2cccc(N)c2)NN1. The molecule has 4 heteroatoms. The maximum atomic E-state index is 6.07. The lowest BCUT2D eigenvalue weighted by atomic mass is 9.97. The smallest absolute Gasteiger partial charge is 0.124 e. The second-order valence-corrected chi connectivity index (χ2v) is 6.75. The van der Waals surface area contributed by atoms with E-state index < -0.39 is 0 Å². The summed E-state index contributed by atoms with van der Waals surface area (Å²) < 4.78 is 6.07. The van der Waals surface area contributed by atoms with Crippen molar-refractivity contribution in [2.45, 2.75) is 51.1 Å². The molecule has 2 aromatic carbocycles. The molecule has 1 saturated heterocycles. The van der Waals surface area contributed by atoms with Gasteiger partial charge in [-0.1, -0.05) is 56.5 Å². The summed E-state index contributed by atoms with van der Waals surface area (Å²) in [7, 11) is 0. The van der Waals surface area contributed by atoms with Crippen LogP contribution in [0.4, 0.5) is 5.69 Å². The summed E-state index contributed by atoms with van der Waals surface area (Å²) in [5.41, 5.74) is 16.0. The van der Waals surface area contributed by atoms with Crippen LogP contribution in [0.1, 0.15) is 62.2 Å². The van der Waals surface area contributed by atoms with Crippen molar-refractivity contribution in [1.29, 1.82) is 0 Å².